The van der Waals surface area contributed by atoms with Gasteiger partial charge in [0.25, 0.3) is 0 Å². The Balaban J connectivity index is -0.000000497. The zero-order valence-electron chi connectivity index (χ0n) is 23.5. The highest BCUT2D eigenvalue weighted by Crippen LogP contribution is 2.30. The first-order valence-electron chi connectivity index (χ1n) is 11.6. The standard InChI is InChI=1S/C9H22O4Si.C8H24O4Si4.CH6Si.H4Si/c1-7(2)11-14(10,12-8(3)4)13-9(5)6;1-13(2)9-14(3,4)11-16(7,8)12-15(5,6)10-13;1-2;/h7-10H,1-6H3;1-8H3;1-2H3;1H4. The van der Waals surface area contributed by atoms with E-state index in [-0.39, 0.29) is 29.3 Å². The highest BCUT2D eigenvalue weighted by molar-refractivity contribution is 6.92. The van der Waals surface area contributed by atoms with Crippen LogP contribution >= 0.6 is 0 Å². The van der Waals surface area contributed by atoms with Gasteiger partial charge in [0.05, 0.1) is 0 Å². The maximum absolute atomic E-state index is 9.99. The number of hydrogen-bond acceptors (Lipinski definition) is 8. The Morgan fingerprint density at radius 3 is 0.818 bits per heavy atom. The zero-order valence-corrected chi connectivity index (χ0v) is 30.5. The molecule has 0 spiro atoms. The summed E-state index contributed by atoms with van der Waals surface area (Å²) in [7, 11) is -10.6. The van der Waals surface area contributed by atoms with Gasteiger partial charge < -0.3 is 34.5 Å². The molecule has 0 aliphatic carbocycles. The molecule has 33 heavy (non-hydrogen) atoms. The molecule has 204 valence electrons. The predicted molar refractivity (Wildman–Crippen MR) is 158 cm³/mol. The zero-order chi connectivity index (χ0) is 26.2. The third-order valence-electron chi connectivity index (χ3n) is 3.12. The monoisotopic (exact) mass is 596 g/mol. The van der Waals surface area contributed by atoms with E-state index in [2.05, 4.69) is 58.9 Å². The van der Waals surface area contributed by atoms with Crippen molar-refractivity contribution in [3.63, 3.8) is 0 Å². The SMILES string of the molecule is CC(C)O[Si](O)(OC(C)C)OC(C)C.C[SiH3].C[Si]1(C)O[Si](C)(C)O[Si](C)(C)O[Si](C)(C)O1.[SiH4]. The van der Waals surface area contributed by atoms with Gasteiger partial charge in [-0.25, -0.2) is 0 Å². The predicted octanol–water partition coefficient (Wildman–Crippen LogP) is 2.51. The second kappa shape index (κ2) is 15.4. The normalized spacial score (nSPS) is 21.2. The Labute approximate surface area is 217 Å². The van der Waals surface area contributed by atoms with Crippen LogP contribution < -0.4 is 0 Å². The molecule has 0 atom stereocenters. The summed E-state index contributed by atoms with van der Waals surface area (Å²) in [5, 5.41) is 0. The fourth-order valence-electron chi connectivity index (χ4n) is 3.43. The first kappa shape index (κ1) is 38.7. The van der Waals surface area contributed by atoms with Crippen molar-refractivity contribution >= 4 is 64.5 Å². The smallest absolute Gasteiger partial charge is 0.416 e. The van der Waals surface area contributed by atoms with Crippen LogP contribution in [0.4, 0.5) is 0 Å². The van der Waals surface area contributed by atoms with Crippen LogP contribution in [0.3, 0.4) is 0 Å². The van der Waals surface area contributed by atoms with Crippen LogP contribution in [-0.2, 0) is 29.7 Å². The molecular weight excluding hydrogens is 541 g/mol. The quantitative estimate of drug-likeness (QED) is 0.468. The van der Waals surface area contributed by atoms with Crippen molar-refractivity contribution in [1.29, 1.82) is 0 Å². The minimum Gasteiger partial charge on any atom is -0.416 e. The molecule has 1 heterocycles. The summed E-state index contributed by atoms with van der Waals surface area (Å²) >= 11 is 0. The van der Waals surface area contributed by atoms with E-state index >= 15 is 0 Å². The van der Waals surface area contributed by atoms with Crippen molar-refractivity contribution < 1.29 is 34.5 Å². The van der Waals surface area contributed by atoms with Crippen LogP contribution in [0, 0.1) is 0 Å². The lowest BCUT2D eigenvalue weighted by molar-refractivity contribution is -0.0534. The average molecular weight is 597 g/mol. The van der Waals surface area contributed by atoms with E-state index in [1.807, 2.05) is 41.5 Å². The van der Waals surface area contributed by atoms with Crippen LogP contribution in [0.1, 0.15) is 41.5 Å². The summed E-state index contributed by atoms with van der Waals surface area (Å²) in [4.78, 5) is 9.99. The van der Waals surface area contributed by atoms with E-state index in [9.17, 15) is 4.80 Å². The third kappa shape index (κ3) is 20.0. The maximum Gasteiger partial charge on any atom is 0.677 e. The van der Waals surface area contributed by atoms with Gasteiger partial charge >= 0.3 is 43.3 Å². The van der Waals surface area contributed by atoms with Crippen molar-refractivity contribution in [2.24, 2.45) is 0 Å². The molecule has 0 aromatic carbocycles. The molecule has 15 heteroatoms. The van der Waals surface area contributed by atoms with Gasteiger partial charge in [-0.1, -0.05) is 6.55 Å². The molecule has 0 amide bonds. The van der Waals surface area contributed by atoms with Gasteiger partial charge in [-0.2, -0.15) is 0 Å². The molecule has 1 rings (SSSR count). The van der Waals surface area contributed by atoms with Gasteiger partial charge in [-0.3, -0.25) is 0 Å². The molecule has 0 bridgehead atoms. The lowest BCUT2D eigenvalue weighted by Crippen LogP contribution is -2.64. The van der Waals surface area contributed by atoms with E-state index in [1.54, 1.807) is 0 Å². The van der Waals surface area contributed by atoms with E-state index < -0.39 is 43.3 Å². The van der Waals surface area contributed by atoms with Crippen molar-refractivity contribution in [3.05, 3.63) is 0 Å². The minimum atomic E-state index is -3.44. The lowest BCUT2D eigenvalue weighted by Gasteiger charge is -2.46. The highest BCUT2D eigenvalue weighted by atomic mass is 28.5. The van der Waals surface area contributed by atoms with Gasteiger partial charge in [0.15, 0.2) is 0 Å². The first-order valence-corrected chi connectivity index (χ1v) is 26.6. The average Bonchev–Trinajstić information content (AvgIpc) is 2.39. The molecule has 0 radical (unpaired) electrons. The van der Waals surface area contributed by atoms with Crippen molar-refractivity contribution in [2.45, 2.75) is 119 Å². The van der Waals surface area contributed by atoms with Crippen LogP contribution in [0.15, 0.2) is 0 Å². The van der Waals surface area contributed by atoms with Crippen molar-refractivity contribution in [3.8, 4) is 0 Å². The minimum absolute atomic E-state index is 0. The van der Waals surface area contributed by atoms with E-state index in [0.717, 1.165) is 0 Å². The van der Waals surface area contributed by atoms with E-state index in [0.29, 0.717) is 0 Å². The molecule has 1 fully saturated rings. The maximum atomic E-state index is 9.99. The van der Waals surface area contributed by atoms with Gasteiger partial charge in [0, 0.05) is 18.3 Å². The summed E-state index contributed by atoms with van der Waals surface area (Å²) in [5.74, 6) is 0. The van der Waals surface area contributed by atoms with Crippen LogP contribution in [0.2, 0.25) is 58.9 Å². The third-order valence-corrected chi connectivity index (χ3v) is 21.2. The highest BCUT2D eigenvalue weighted by Gasteiger charge is 2.50. The topological polar surface area (TPSA) is 84.8 Å². The van der Waals surface area contributed by atoms with Gasteiger partial charge in [0.2, 0.25) is 0 Å². The Bertz CT molecular complexity index is 433. The van der Waals surface area contributed by atoms with E-state index in [4.69, 9.17) is 29.7 Å². The number of rotatable bonds is 6. The van der Waals surface area contributed by atoms with Crippen LogP contribution in [0.25, 0.3) is 0 Å². The molecule has 1 saturated heterocycles. The summed E-state index contributed by atoms with van der Waals surface area (Å²) in [6.07, 6.45) is -0.322. The van der Waals surface area contributed by atoms with E-state index in [1.165, 1.54) is 10.2 Å². The second-order valence-corrected chi connectivity index (χ2v) is 26.3. The van der Waals surface area contributed by atoms with Crippen molar-refractivity contribution in [2.75, 3.05) is 0 Å². The lowest BCUT2D eigenvalue weighted by atomic mass is 10.5. The molecule has 0 unspecified atom stereocenters. The van der Waals surface area contributed by atoms with Gasteiger partial charge in [-0.05, 0) is 115 Å². The molecule has 1 N–H and O–H groups in total. The fraction of sp³-hybridized carbons (Fsp3) is 1.00. The Morgan fingerprint density at radius 2 is 0.697 bits per heavy atom. The first-order chi connectivity index (χ1) is 14.1. The molecule has 0 aromatic heterocycles. The van der Waals surface area contributed by atoms with Crippen molar-refractivity contribution in [1.82, 2.24) is 0 Å². The Kier molecular flexibility index (Phi) is 18.1. The molecular formula is C18H56O8Si7. The number of hydrogen-bond donors (Lipinski definition) is 1. The summed E-state index contributed by atoms with van der Waals surface area (Å²) in [5.41, 5.74) is 0. The molecule has 8 nitrogen and oxygen atoms in total. The largest absolute Gasteiger partial charge is 0.677 e. The molecule has 1 aliphatic rings. The second-order valence-electron chi connectivity index (χ2n) is 10.0. The van der Waals surface area contributed by atoms with Crippen LogP contribution in [-0.4, -0.2) is 87.6 Å². The Morgan fingerprint density at radius 1 is 0.545 bits per heavy atom. The molecule has 0 saturated carbocycles. The summed E-state index contributed by atoms with van der Waals surface area (Å²) < 4.78 is 40.6. The van der Waals surface area contributed by atoms with Crippen LogP contribution in [0.5, 0.6) is 0 Å². The summed E-state index contributed by atoms with van der Waals surface area (Å²) in [6, 6.07) is 0. The summed E-state index contributed by atoms with van der Waals surface area (Å²) in [6.45, 7) is 29.8. The Hall–Kier alpha value is 1.20. The van der Waals surface area contributed by atoms with Gasteiger partial charge in [-0.15, -0.1) is 0 Å². The van der Waals surface area contributed by atoms with Gasteiger partial charge in [0.1, 0.15) is 0 Å². The molecule has 0 aromatic rings. The molecule has 1 aliphatic heterocycles. The fourth-order valence-corrected chi connectivity index (χ4v) is 26.5.